The van der Waals surface area contributed by atoms with Crippen molar-refractivity contribution in [3.05, 3.63) is 108 Å². The van der Waals surface area contributed by atoms with E-state index in [0.717, 1.165) is 54.5 Å². The molecule has 0 radical (unpaired) electrons. The molecule has 410 valence electrons. The fourth-order valence-electron chi connectivity index (χ4n) is 11.0. The molecule has 2 aromatic heterocycles. The van der Waals surface area contributed by atoms with Crippen LogP contribution in [-0.2, 0) is 43.1 Å². The Balaban J connectivity index is 1.24. The molecule has 0 aliphatic carbocycles. The van der Waals surface area contributed by atoms with Gasteiger partial charge in [0.15, 0.2) is 12.1 Å². The Kier molecular flexibility index (Phi) is 20.4. The van der Waals surface area contributed by atoms with E-state index in [0.29, 0.717) is 42.9 Å². The number of esters is 1. The number of carbonyl (C=O) groups is 2. The maximum absolute atomic E-state index is 14.3. The first kappa shape index (κ1) is 57.8. The van der Waals surface area contributed by atoms with Crippen LogP contribution in [0.1, 0.15) is 103 Å². The summed E-state index contributed by atoms with van der Waals surface area (Å²) in [6.07, 6.45) is 2.48. The van der Waals surface area contributed by atoms with E-state index in [1.165, 1.54) is 25.0 Å². The Bertz CT molecular complexity index is 2530. The van der Waals surface area contributed by atoms with E-state index in [-0.39, 0.29) is 37.6 Å². The number of ether oxygens (including phenoxy) is 3. The van der Waals surface area contributed by atoms with Crippen molar-refractivity contribution in [3.8, 4) is 5.69 Å². The predicted octanol–water partition coefficient (Wildman–Crippen LogP) is 7.94. The van der Waals surface area contributed by atoms with E-state index < -0.39 is 84.4 Å². The molecule has 3 N–H and O–H groups in total. The zero-order valence-corrected chi connectivity index (χ0v) is 44.6. The summed E-state index contributed by atoms with van der Waals surface area (Å²) in [5, 5.41) is 45.1. The fourth-order valence-corrected chi connectivity index (χ4v) is 11.0. The van der Waals surface area contributed by atoms with Gasteiger partial charge in [-0.2, -0.15) is 13.2 Å². The van der Waals surface area contributed by atoms with Crippen molar-refractivity contribution < 1.29 is 52.3 Å². The first-order valence-electron chi connectivity index (χ1n) is 26.8. The second-order valence-electron chi connectivity index (χ2n) is 21.5. The van der Waals surface area contributed by atoms with Crippen LogP contribution in [0.3, 0.4) is 0 Å². The number of aromatic nitrogens is 4. The van der Waals surface area contributed by atoms with Crippen LogP contribution < -0.4 is 0 Å². The minimum atomic E-state index is -4.52. The molecule has 75 heavy (non-hydrogen) atoms. The third-order valence-corrected chi connectivity index (χ3v) is 15.4. The first-order valence-corrected chi connectivity index (χ1v) is 26.8. The molecule has 0 saturated carbocycles. The van der Waals surface area contributed by atoms with Gasteiger partial charge in [0.05, 0.1) is 71.7 Å². The number of aliphatic hydroxyl groups is 3. The highest BCUT2D eigenvalue weighted by Gasteiger charge is 2.47. The molecule has 0 bridgehead atoms. The van der Waals surface area contributed by atoms with Crippen LogP contribution in [0.15, 0.2) is 90.8 Å². The number of ketones is 1. The highest BCUT2D eigenvalue weighted by atomic mass is 19.4. The van der Waals surface area contributed by atoms with Gasteiger partial charge in [-0.15, -0.1) is 5.10 Å². The lowest BCUT2D eigenvalue weighted by molar-refractivity contribution is -0.304. The molecule has 0 spiro atoms. The van der Waals surface area contributed by atoms with Crippen molar-refractivity contribution in [2.75, 3.05) is 40.3 Å². The van der Waals surface area contributed by atoms with Gasteiger partial charge >= 0.3 is 12.1 Å². The number of fused-ring (bicyclic) bond motifs is 1. The van der Waals surface area contributed by atoms with Gasteiger partial charge in [-0.1, -0.05) is 86.9 Å². The Morgan fingerprint density at radius 2 is 1.64 bits per heavy atom. The second kappa shape index (κ2) is 26.4. The third-order valence-electron chi connectivity index (χ3n) is 15.4. The molecule has 2 fully saturated rings. The maximum Gasteiger partial charge on any atom is 0.416 e. The van der Waals surface area contributed by atoms with Gasteiger partial charge in [-0.25, -0.2) is 4.68 Å². The van der Waals surface area contributed by atoms with Gasteiger partial charge in [-0.3, -0.25) is 19.5 Å². The average Bonchev–Trinajstić information content (AvgIpc) is 3.69. The second-order valence-corrected chi connectivity index (χ2v) is 21.5. The van der Waals surface area contributed by atoms with Crippen LogP contribution in [0.2, 0.25) is 0 Å². The lowest BCUT2D eigenvalue weighted by atomic mass is 9.79. The number of likely N-dealkylation sites (N-methyl/N-ethyl adjacent to an activating group) is 1. The van der Waals surface area contributed by atoms with Crippen molar-refractivity contribution in [3.63, 3.8) is 0 Å². The number of aliphatic hydroxyl groups excluding tert-OH is 3. The van der Waals surface area contributed by atoms with Crippen molar-refractivity contribution >= 4 is 22.7 Å². The van der Waals surface area contributed by atoms with Crippen LogP contribution in [0, 0.1) is 23.7 Å². The summed E-state index contributed by atoms with van der Waals surface area (Å²) in [6.45, 7) is 12.5. The smallest absolute Gasteiger partial charge is 0.416 e. The number of carbonyl (C=O) groups excluding carboxylic acids is 2. The van der Waals surface area contributed by atoms with Crippen LogP contribution in [0.5, 0.6) is 0 Å². The highest BCUT2D eigenvalue weighted by molar-refractivity contribution is 5.91. The van der Waals surface area contributed by atoms with Gasteiger partial charge in [0.25, 0.3) is 0 Å². The molecule has 18 heteroatoms. The lowest BCUT2D eigenvalue weighted by Gasteiger charge is -2.46. The van der Waals surface area contributed by atoms with Crippen LogP contribution in [-0.4, -0.2) is 151 Å². The van der Waals surface area contributed by atoms with E-state index in [4.69, 9.17) is 14.2 Å². The van der Waals surface area contributed by atoms with E-state index in [1.54, 1.807) is 56.0 Å². The fraction of sp³-hybridized carbons (Fsp3) is 0.596. The topological polar surface area (TPSA) is 176 Å². The van der Waals surface area contributed by atoms with Gasteiger partial charge in [-0.05, 0) is 122 Å². The van der Waals surface area contributed by atoms with Crippen LogP contribution in [0.25, 0.3) is 16.6 Å². The monoisotopic (exact) mass is 1050 g/mol. The van der Waals surface area contributed by atoms with Crippen molar-refractivity contribution in [2.45, 2.75) is 154 Å². The summed E-state index contributed by atoms with van der Waals surface area (Å²) in [4.78, 5) is 39.1. The van der Waals surface area contributed by atoms with Crippen molar-refractivity contribution in [1.82, 2.24) is 34.7 Å². The molecule has 2 aromatic carbocycles. The molecular formula is C57H78F3N7O8. The number of hydrogen-bond acceptors (Lipinski definition) is 14. The molecule has 12 atom stereocenters. The molecule has 0 amide bonds. The van der Waals surface area contributed by atoms with Crippen molar-refractivity contribution in [1.29, 1.82) is 0 Å². The first-order chi connectivity index (χ1) is 35.8. The summed E-state index contributed by atoms with van der Waals surface area (Å²) in [7, 11) is 3.48. The summed E-state index contributed by atoms with van der Waals surface area (Å²) in [6, 6.07) is 13.9. The standard InChI is InChI=1S/C57H78F3N7O8/c1-8-50-43(33-65-24-13-9-10-14-25-65)27-36(2)17-22-48(68)37(3)28-42(55(38(4)49(69)30-51(70)74-50)75-56-54(72)52(64(6)7)53(71)39(5)73-56)23-26-66(32-40-18-20-44(21-19-40)57(58,59)60)34-45-35-67(63-62-45)46-29-41-15-11-12-16-47(41)61-31-46/h11-12,15-22,27,29,31,35,37-39,42-43,49-50,52-56,69,71-72H,8-10,13-14,23-26,28,30,32-34H2,1-7H3/b22-17+,36-27+/t37-,38+,39-,42+,43-,49-,50-,52+,53-,54-,55-,56+/m1/s1. The summed E-state index contributed by atoms with van der Waals surface area (Å²) in [5.74, 6) is -2.81. The quantitative estimate of drug-likeness (QED) is 0.104. The maximum atomic E-state index is 14.3. The van der Waals surface area contributed by atoms with Gasteiger partial charge in [0, 0.05) is 42.8 Å². The van der Waals surface area contributed by atoms with Crippen LogP contribution in [0.4, 0.5) is 13.2 Å². The average molecular weight is 1050 g/mol. The third kappa shape index (κ3) is 15.6. The number of nitrogens with zero attached hydrogens (tertiary/aromatic N) is 7. The molecule has 0 unspecified atom stereocenters. The molecule has 2 saturated heterocycles. The number of pyridine rings is 1. The number of cyclic esters (lactones) is 1. The minimum Gasteiger partial charge on any atom is -0.462 e. The molecule has 4 aromatic rings. The zero-order valence-electron chi connectivity index (χ0n) is 44.6. The lowest BCUT2D eigenvalue weighted by Crippen LogP contribution is -2.63. The molecular weight excluding hydrogens is 968 g/mol. The largest absolute Gasteiger partial charge is 0.462 e. The summed E-state index contributed by atoms with van der Waals surface area (Å²) < 4.78 is 62.2. The number of halogens is 3. The van der Waals surface area contributed by atoms with Gasteiger partial charge < -0.3 is 39.3 Å². The number of benzene rings is 2. The highest BCUT2D eigenvalue weighted by Crippen LogP contribution is 2.36. The number of hydrogen-bond donors (Lipinski definition) is 3. The van der Waals surface area contributed by atoms with Crippen LogP contribution >= 0.6 is 0 Å². The molecule has 5 heterocycles. The van der Waals surface area contributed by atoms with E-state index in [9.17, 15) is 38.1 Å². The molecule has 15 nitrogen and oxygen atoms in total. The Labute approximate surface area is 439 Å². The summed E-state index contributed by atoms with van der Waals surface area (Å²) >= 11 is 0. The Morgan fingerprint density at radius 3 is 2.33 bits per heavy atom. The minimum absolute atomic E-state index is 0.130. The number of allylic oxidation sites excluding steroid dienone is 3. The SMILES string of the molecule is CC[C@H]1OC(=O)C[C@@H](O)[C@H](C)[C@@H](O[C@@H]2O[C@H](C)[C@@H](O)[C@H](N(C)C)[C@H]2O)[C@@H](CCN(Cc2ccc(C(F)(F)F)cc2)Cc2cn(-c3cnc4ccccc4c3)nn2)C[C@@H](C)C(=O)/C=C/C(C)=C/[C@@H]1CN1CCCCCC1. The Hall–Kier alpha value is -4.92. The Morgan fingerprint density at radius 1 is 0.920 bits per heavy atom. The van der Waals surface area contributed by atoms with Gasteiger partial charge in [0.2, 0.25) is 0 Å². The zero-order chi connectivity index (χ0) is 54.0. The van der Waals surface area contributed by atoms with E-state index in [1.807, 2.05) is 62.1 Å². The molecule has 7 rings (SSSR count). The van der Waals surface area contributed by atoms with E-state index in [2.05, 4.69) is 26.3 Å². The van der Waals surface area contributed by atoms with Crippen molar-refractivity contribution in [2.24, 2.45) is 23.7 Å². The number of rotatable bonds is 14. The number of alkyl halides is 3. The predicted molar refractivity (Wildman–Crippen MR) is 279 cm³/mol. The van der Waals surface area contributed by atoms with Gasteiger partial charge in [0.1, 0.15) is 12.2 Å². The van der Waals surface area contributed by atoms with E-state index >= 15 is 0 Å². The summed E-state index contributed by atoms with van der Waals surface area (Å²) in [5.41, 5.74) is 2.77. The number of para-hydroxylation sites is 1. The molecule has 3 aliphatic heterocycles. The molecule has 3 aliphatic rings. The number of likely N-dealkylation sites (tertiary alicyclic amines) is 1. The normalized spacial score (nSPS) is 30.5.